The molecule has 6 heteroatoms. The van der Waals surface area contributed by atoms with Gasteiger partial charge in [-0.3, -0.25) is 4.90 Å². The van der Waals surface area contributed by atoms with E-state index in [9.17, 15) is 4.79 Å². The van der Waals surface area contributed by atoms with Gasteiger partial charge in [-0.25, -0.2) is 4.79 Å². The summed E-state index contributed by atoms with van der Waals surface area (Å²) >= 11 is 6.08. The first kappa shape index (κ1) is 20.2. The van der Waals surface area contributed by atoms with E-state index in [1.165, 1.54) is 35.5 Å². The lowest BCUT2D eigenvalue weighted by molar-refractivity contribution is 0.253. The Bertz CT molecular complexity index is 1250. The van der Waals surface area contributed by atoms with Crippen molar-refractivity contribution in [1.29, 1.82) is 0 Å². The van der Waals surface area contributed by atoms with Crippen LogP contribution >= 0.6 is 11.6 Å². The molecule has 1 N–H and O–H groups in total. The third-order valence-electron chi connectivity index (χ3n) is 6.24. The molecule has 160 valence electrons. The van der Waals surface area contributed by atoms with Gasteiger partial charge < -0.3 is 14.3 Å². The van der Waals surface area contributed by atoms with Crippen LogP contribution < -0.4 is 10.5 Å². The van der Waals surface area contributed by atoms with Crippen molar-refractivity contribution < 1.29 is 4.42 Å². The molecule has 5 nitrogen and oxygen atoms in total. The van der Waals surface area contributed by atoms with Gasteiger partial charge in [0, 0.05) is 65.4 Å². The fraction of sp³-hybridized carbons (Fsp3) is 0.320. The van der Waals surface area contributed by atoms with E-state index in [1.54, 1.807) is 0 Å². The lowest BCUT2D eigenvalue weighted by atomic mass is 10.1. The van der Waals surface area contributed by atoms with Gasteiger partial charge in [-0.2, -0.15) is 0 Å². The molecule has 2 aromatic carbocycles. The van der Waals surface area contributed by atoms with Gasteiger partial charge in [0.05, 0.1) is 0 Å². The highest BCUT2D eigenvalue weighted by Crippen LogP contribution is 2.24. The number of hydrogen-bond donors (Lipinski definition) is 1. The predicted octanol–water partition coefficient (Wildman–Crippen LogP) is 5.07. The van der Waals surface area contributed by atoms with Crippen LogP contribution in [0.15, 0.2) is 63.9 Å². The summed E-state index contributed by atoms with van der Waals surface area (Å²) in [6.07, 6.45) is 5.60. The van der Waals surface area contributed by atoms with Crippen LogP contribution in [0.5, 0.6) is 0 Å². The normalized spacial score (nSPS) is 15.2. The lowest BCUT2D eigenvalue weighted by Crippen LogP contribution is -2.46. The molecule has 0 unspecified atom stereocenters. The van der Waals surface area contributed by atoms with Gasteiger partial charge in [0.25, 0.3) is 0 Å². The second-order valence-corrected chi connectivity index (χ2v) is 8.70. The van der Waals surface area contributed by atoms with Crippen LogP contribution in [-0.4, -0.2) is 42.6 Å². The number of nitrogens with one attached hydrogen (secondary N) is 1. The van der Waals surface area contributed by atoms with Crippen molar-refractivity contribution in [3.8, 4) is 0 Å². The highest BCUT2D eigenvalue weighted by atomic mass is 35.5. The van der Waals surface area contributed by atoms with E-state index in [4.69, 9.17) is 16.0 Å². The third-order valence-corrected chi connectivity index (χ3v) is 6.48. The molecule has 3 heterocycles. The molecule has 0 spiro atoms. The van der Waals surface area contributed by atoms with Gasteiger partial charge in [0.2, 0.25) is 0 Å². The Morgan fingerprint density at radius 3 is 2.71 bits per heavy atom. The summed E-state index contributed by atoms with van der Waals surface area (Å²) in [4.78, 5) is 19.7. The molecule has 0 amide bonds. The molecule has 0 atom stereocenters. The average Bonchev–Trinajstić information content (AvgIpc) is 3.18. The second kappa shape index (κ2) is 8.77. The number of fused-ring (bicyclic) bond motifs is 2. The Morgan fingerprint density at radius 1 is 0.968 bits per heavy atom. The Kier molecular flexibility index (Phi) is 5.70. The summed E-state index contributed by atoms with van der Waals surface area (Å²) < 4.78 is 5.24. The van der Waals surface area contributed by atoms with Crippen molar-refractivity contribution in [2.75, 3.05) is 37.6 Å². The lowest BCUT2D eigenvalue weighted by Gasteiger charge is -2.36. The zero-order chi connectivity index (χ0) is 21.2. The molecule has 4 aromatic rings. The summed E-state index contributed by atoms with van der Waals surface area (Å²) in [7, 11) is 0. The number of rotatable bonds is 6. The third kappa shape index (κ3) is 4.48. The number of aromatic amines is 1. The topological polar surface area (TPSA) is 52.5 Å². The number of aromatic nitrogens is 1. The van der Waals surface area contributed by atoms with E-state index < -0.39 is 0 Å². The van der Waals surface area contributed by atoms with Crippen molar-refractivity contribution >= 4 is 39.2 Å². The fourth-order valence-corrected chi connectivity index (χ4v) is 4.67. The first-order chi connectivity index (χ1) is 15.2. The molecule has 5 rings (SSSR count). The van der Waals surface area contributed by atoms with Gasteiger partial charge >= 0.3 is 5.63 Å². The van der Waals surface area contributed by atoms with Crippen LogP contribution in [0, 0.1) is 0 Å². The standard InChI is InChI=1S/C25H26ClN3O2/c26-20-5-7-22-19(17-27-23(22)16-20)3-1-2-10-28-11-13-29(14-12-28)21-6-8-24-18(15-21)4-9-25(30)31-24/h4-9,15-17,27H,1-3,10-14H2. The summed E-state index contributed by atoms with van der Waals surface area (Å²) in [5, 5.41) is 3.03. The van der Waals surface area contributed by atoms with Crippen molar-refractivity contribution in [3.05, 3.63) is 75.7 Å². The number of aryl methyl sites for hydroxylation is 1. The molecule has 1 aliphatic rings. The maximum atomic E-state index is 11.4. The average molecular weight is 436 g/mol. The van der Waals surface area contributed by atoms with Crippen molar-refractivity contribution in [1.82, 2.24) is 9.88 Å². The summed E-state index contributed by atoms with van der Waals surface area (Å²) in [5.41, 5.74) is 4.04. The number of halogens is 1. The number of nitrogens with zero attached hydrogens (tertiary/aromatic N) is 2. The van der Waals surface area contributed by atoms with Gasteiger partial charge in [-0.05, 0) is 67.8 Å². The molecule has 0 bridgehead atoms. The minimum atomic E-state index is -0.303. The Labute approximate surface area is 186 Å². The maximum absolute atomic E-state index is 11.4. The van der Waals surface area contributed by atoms with Crippen molar-refractivity contribution in [2.45, 2.75) is 19.3 Å². The minimum absolute atomic E-state index is 0.303. The Morgan fingerprint density at radius 2 is 1.84 bits per heavy atom. The highest BCUT2D eigenvalue weighted by molar-refractivity contribution is 6.31. The largest absolute Gasteiger partial charge is 0.423 e. The number of anilines is 1. The molecule has 2 aromatic heterocycles. The minimum Gasteiger partial charge on any atom is -0.423 e. The van der Waals surface area contributed by atoms with Crippen LogP contribution in [0.25, 0.3) is 21.9 Å². The van der Waals surface area contributed by atoms with Crippen molar-refractivity contribution in [3.63, 3.8) is 0 Å². The first-order valence-corrected chi connectivity index (χ1v) is 11.3. The maximum Gasteiger partial charge on any atom is 0.336 e. The number of hydrogen-bond acceptors (Lipinski definition) is 4. The molecule has 1 saturated heterocycles. The van der Waals surface area contributed by atoms with E-state index >= 15 is 0 Å². The molecule has 1 fully saturated rings. The number of benzene rings is 2. The molecule has 0 radical (unpaired) electrons. The van der Waals surface area contributed by atoms with E-state index in [1.807, 2.05) is 24.3 Å². The second-order valence-electron chi connectivity index (χ2n) is 8.27. The molecular formula is C25H26ClN3O2. The van der Waals surface area contributed by atoms with Crippen LogP contribution in [0.1, 0.15) is 18.4 Å². The molecule has 0 aliphatic carbocycles. The van der Waals surface area contributed by atoms with E-state index in [-0.39, 0.29) is 5.63 Å². The smallest absolute Gasteiger partial charge is 0.336 e. The number of H-pyrrole nitrogens is 1. The van der Waals surface area contributed by atoms with E-state index in [0.29, 0.717) is 5.58 Å². The molecule has 0 saturated carbocycles. The molecule has 31 heavy (non-hydrogen) atoms. The number of unbranched alkanes of at least 4 members (excludes halogenated alkanes) is 1. The highest BCUT2D eigenvalue weighted by Gasteiger charge is 2.17. The van der Waals surface area contributed by atoms with Gasteiger partial charge in [0.15, 0.2) is 0 Å². The van der Waals surface area contributed by atoms with Gasteiger partial charge in [-0.1, -0.05) is 17.7 Å². The molecular weight excluding hydrogens is 410 g/mol. The Balaban J connectivity index is 1.10. The predicted molar refractivity (Wildman–Crippen MR) is 127 cm³/mol. The summed E-state index contributed by atoms with van der Waals surface area (Å²) in [6.45, 7) is 5.34. The van der Waals surface area contributed by atoms with E-state index in [2.05, 4.69) is 39.2 Å². The Hall–Kier alpha value is -2.76. The van der Waals surface area contributed by atoms with Crippen LogP contribution in [0.4, 0.5) is 5.69 Å². The van der Waals surface area contributed by atoms with Gasteiger partial charge in [0.1, 0.15) is 5.58 Å². The van der Waals surface area contributed by atoms with Crippen LogP contribution in [-0.2, 0) is 6.42 Å². The first-order valence-electron chi connectivity index (χ1n) is 10.9. The quantitative estimate of drug-likeness (QED) is 0.339. The summed E-state index contributed by atoms with van der Waals surface area (Å²) in [5.74, 6) is 0. The zero-order valence-electron chi connectivity index (χ0n) is 17.4. The van der Waals surface area contributed by atoms with Crippen LogP contribution in [0.3, 0.4) is 0 Å². The SMILES string of the molecule is O=c1ccc2cc(N3CCN(CCCCc4c[nH]c5cc(Cl)ccc45)CC3)ccc2o1. The monoisotopic (exact) mass is 435 g/mol. The van der Waals surface area contributed by atoms with Crippen molar-refractivity contribution in [2.24, 2.45) is 0 Å². The zero-order valence-corrected chi connectivity index (χ0v) is 18.2. The number of piperazine rings is 1. The molecule has 1 aliphatic heterocycles. The summed E-state index contributed by atoms with van der Waals surface area (Å²) in [6, 6.07) is 15.5. The van der Waals surface area contributed by atoms with E-state index in [0.717, 1.165) is 55.1 Å². The van der Waals surface area contributed by atoms with Crippen LogP contribution in [0.2, 0.25) is 5.02 Å². The van der Waals surface area contributed by atoms with Gasteiger partial charge in [-0.15, -0.1) is 0 Å². The fourth-order valence-electron chi connectivity index (χ4n) is 4.50.